The van der Waals surface area contributed by atoms with Gasteiger partial charge in [-0.1, -0.05) is 36.8 Å². The fourth-order valence-corrected chi connectivity index (χ4v) is 4.22. The Labute approximate surface area is 181 Å². The summed E-state index contributed by atoms with van der Waals surface area (Å²) in [5.74, 6) is 1.83. The first kappa shape index (κ1) is 22.4. The van der Waals surface area contributed by atoms with Crippen LogP contribution in [0.2, 0.25) is 0 Å². The Bertz CT molecular complexity index is 840. The maximum atomic E-state index is 11.9. The first-order chi connectivity index (χ1) is 14.2. The Morgan fingerprint density at radius 2 is 1.77 bits per heavy atom. The predicted octanol–water partition coefficient (Wildman–Crippen LogP) is 5.74. The maximum absolute atomic E-state index is 11.9. The molecule has 4 heteroatoms. The standard InChI is InChI=1S/C14H14N2O.C12H23N/c1-10-6-8-11(9-7-10)14(17)16-13-5-3-2-4-12(13)15;1-10-6-7-13(9-11-4-5-11)12(2,3)8-10/h2-9H,15H2,1H3,(H,16,17);10-11H,4-9H2,1-3H3. The summed E-state index contributed by atoms with van der Waals surface area (Å²) in [6.07, 6.45) is 5.78. The molecule has 1 saturated heterocycles. The number of anilines is 2. The lowest BCUT2D eigenvalue weighted by atomic mass is 9.83. The molecule has 1 saturated carbocycles. The normalized spacial score (nSPS) is 20.7. The van der Waals surface area contributed by atoms with Gasteiger partial charge in [0.15, 0.2) is 0 Å². The Balaban J connectivity index is 0.000000177. The molecule has 2 aliphatic rings. The molecule has 162 valence electrons. The van der Waals surface area contributed by atoms with Crippen LogP contribution in [-0.4, -0.2) is 29.4 Å². The topological polar surface area (TPSA) is 58.4 Å². The Kier molecular flexibility index (Phi) is 7.19. The number of carbonyl (C=O) groups excluding carboxylic acids is 1. The summed E-state index contributed by atoms with van der Waals surface area (Å²) in [6, 6.07) is 14.6. The highest BCUT2D eigenvalue weighted by molar-refractivity contribution is 6.05. The zero-order chi connectivity index (χ0) is 21.7. The van der Waals surface area contributed by atoms with Gasteiger partial charge < -0.3 is 11.1 Å². The van der Waals surface area contributed by atoms with Crippen molar-refractivity contribution in [3.8, 4) is 0 Å². The van der Waals surface area contributed by atoms with Crippen molar-refractivity contribution in [2.75, 3.05) is 24.1 Å². The third-order valence-electron chi connectivity index (χ3n) is 6.29. The molecule has 1 heterocycles. The summed E-state index contributed by atoms with van der Waals surface area (Å²) < 4.78 is 0. The van der Waals surface area contributed by atoms with Crippen LogP contribution in [0, 0.1) is 18.8 Å². The monoisotopic (exact) mass is 407 g/mol. The van der Waals surface area contributed by atoms with Gasteiger partial charge in [-0.15, -0.1) is 0 Å². The molecule has 30 heavy (non-hydrogen) atoms. The summed E-state index contributed by atoms with van der Waals surface area (Å²) >= 11 is 0. The second-order valence-electron chi connectivity index (χ2n) is 9.71. The molecule has 3 N–H and O–H groups in total. The van der Waals surface area contributed by atoms with Gasteiger partial charge in [0, 0.05) is 17.6 Å². The molecule has 1 unspecified atom stereocenters. The molecule has 1 amide bonds. The van der Waals surface area contributed by atoms with E-state index < -0.39 is 0 Å². The molecule has 4 rings (SSSR count). The van der Waals surface area contributed by atoms with Crippen molar-refractivity contribution in [3.05, 3.63) is 59.7 Å². The van der Waals surface area contributed by atoms with Gasteiger partial charge >= 0.3 is 0 Å². The lowest BCUT2D eigenvalue weighted by molar-refractivity contribution is 0.0474. The summed E-state index contributed by atoms with van der Waals surface area (Å²) in [5.41, 5.74) is 9.18. The number of piperidine rings is 1. The fourth-order valence-electron chi connectivity index (χ4n) is 4.22. The molecular formula is C26H37N3O. The van der Waals surface area contributed by atoms with Crippen LogP contribution < -0.4 is 11.1 Å². The second kappa shape index (κ2) is 9.65. The highest BCUT2D eigenvalue weighted by Crippen LogP contribution is 2.36. The number of nitrogens with zero attached hydrogens (tertiary/aromatic N) is 1. The van der Waals surface area contributed by atoms with E-state index in [1.807, 2.05) is 31.2 Å². The van der Waals surface area contributed by atoms with Crippen LogP contribution >= 0.6 is 0 Å². The van der Waals surface area contributed by atoms with Gasteiger partial charge in [0.25, 0.3) is 5.91 Å². The predicted molar refractivity (Wildman–Crippen MR) is 127 cm³/mol. The van der Waals surface area contributed by atoms with E-state index in [4.69, 9.17) is 5.73 Å². The zero-order valence-corrected chi connectivity index (χ0v) is 18.9. The number of nitrogens with two attached hydrogens (primary N) is 1. The smallest absolute Gasteiger partial charge is 0.255 e. The average molecular weight is 408 g/mol. The van der Waals surface area contributed by atoms with E-state index in [1.54, 1.807) is 24.3 Å². The molecular weight excluding hydrogens is 370 g/mol. The molecule has 0 bridgehead atoms. The zero-order valence-electron chi connectivity index (χ0n) is 18.9. The van der Waals surface area contributed by atoms with E-state index in [0.29, 0.717) is 22.5 Å². The van der Waals surface area contributed by atoms with Gasteiger partial charge in [-0.2, -0.15) is 0 Å². The molecule has 1 atom stereocenters. The quantitative estimate of drug-likeness (QED) is 0.636. The number of hydrogen-bond donors (Lipinski definition) is 2. The van der Waals surface area contributed by atoms with Crippen LogP contribution in [0.4, 0.5) is 11.4 Å². The molecule has 2 fully saturated rings. The molecule has 0 spiro atoms. The minimum absolute atomic E-state index is 0.150. The van der Waals surface area contributed by atoms with Crippen molar-refractivity contribution in [3.63, 3.8) is 0 Å². The largest absolute Gasteiger partial charge is 0.397 e. The van der Waals surface area contributed by atoms with Crippen LogP contribution in [0.1, 0.15) is 62.4 Å². The minimum Gasteiger partial charge on any atom is -0.397 e. The second-order valence-corrected chi connectivity index (χ2v) is 9.71. The van der Waals surface area contributed by atoms with Crippen molar-refractivity contribution in [2.24, 2.45) is 11.8 Å². The van der Waals surface area contributed by atoms with E-state index >= 15 is 0 Å². The third kappa shape index (κ3) is 6.33. The fraction of sp³-hybridized carbons (Fsp3) is 0.500. The summed E-state index contributed by atoms with van der Waals surface area (Å²) in [6.45, 7) is 11.9. The Morgan fingerprint density at radius 3 is 2.37 bits per heavy atom. The lowest BCUT2D eigenvalue weighted by Crippen LogP contribution is -2.50. The van der Waals surface area contributed by atoms with Crippen LogP contribution in [-0.2, 0) is 0 Å². The van der Waals surface area contributed by atoms with Crippen LogP contribution in [0.25, 0.3) is 0 Å². The number of nitrogen functional groups attached to an aromatic ring is 1. The van der Waals surface area contributed by atoms with E-state index in [0.717, 1.165) is 17.4 Å². The molecule has 1 aliphatic carbocycles. The first-order valence-corrected chi connectivity index (χ1v) is 11.2. The lowest BCUT2D eigenvalue weighted by Gasteiger charge is -2.45. The summed E-state index contributed by atoms with van der Waals surface area (Å²) in [5, 5.41) is 2.78. The van der Waals surface area contributed by atoms with Gasteiger partial charge in [0.1, 0.15) is 0 Å². The number of carbonyl (C=O) groups is 1. The number of likely N-dealkylation sites (tertiary alicyclic amines) is 1. The van der Waals surface area contributed by atoms with E-state index in [1.165, 1.54) is 38.8 Å². The van der Waals surface area contributed by atoms with Crippen molar-refractivity contribution in [1.29, 1.82) is 0 Å². The van der Waals surface area contributed by atoms with Crippen LogP contribution in [0.15, 0.2) is 48.5 Å². The molecule has 1 aliphatic heterocycles. The number of benzene rings is 2. The van der Waals surface area contributed by atoms with E-state index in [9.17, 15) is 4.79 Å². The van der Waals surface area contributed by atoms with Gasteiger partial charge in [-0.05, 0) is 89.1 Å². The number of aryl methyl sites for hydroxylation is 1. The van der Waals surface area contributed by atoms with Crippen molar-refractivity contribution < 1.29 is 4.79 Å². The first-order valence-electron chi connectivity index (χ1n) is 11.2. The summed E-state index contributed by atoms with van der Waals surface area (Å²) in [7, 11) is 0. The van der Waals surface area contributed by atoms with Gasteiger partial charge in [0.2, 0.25) is 0 Å². The van der Waals surface area contributed by atoms with Crippen molar-refractivity contribution in [2.45, 2.75) is 58.9 Å². The third-order valence-corrected chi connectivity index (χ3v) is 6.29. The molecule has 0 aromatic heterocycles. The number of hydrogen-bond acceptors (Lipinski definition) is 3. The number of amides is 1. The summed E-state index contributed by atoms with van der Waals surface area (Å²) in [4.78, 5) is 14.6. The molecule has 4 nitrogen and oxygen atoms in total. The number of rotatable bonds is 4. The van der Waals surface area contributed by atoms with Gasteiger partial charge in [-0.25, -0.2) is 0 Å². The van der Waals surface area contributed by atoms with Gasteiger partial charge in [-0.3, -0.25) is 9.69 Å². The van der Waals surface area contributed by atoms with Crippen LogP contribution in [0.3, 0.4) is 0 Å². The van der Waals surface area contributed by atoms with Gasteiger partial charge in [0.05, 0.1) is 11.4 Å². The SMILES string of the molecule is CC1CCN(CC2CC2)C(C)(C)C1.Cc1ccc(C(=O)Nc2ccccc2N)cc1. The van der Waals surface area contributed by atoms with E-state index in [2.05, 4.69) is 31.0 Å². The van der Waals surface area contributed by atoms with E-state index in [-0.39, 0.29) is 5.91 Å². The highest BCUT2D eigenvalue weighted by Gasteiger charge is 2.36. The van der Waals surface area contributed by atoms with Crippen molar-refractivity contribution >= 4 is 17.3 Å². The molecule has 0 radical (unpaired) electrons. The Morgan fingerprint density at radius 1 is 1.10 bits per heavy atom. The van der Waals surface area contributed by atoms with Crippen molar-refractivity contribution in [1.82, 2.24) is 4.90 Å². The number of para-hydroxylation sites is 2. The highest BCUT2D eigenvalue weighted by atomic mass is 16.1. The minimum atomic E-state index is -0.150. The molecule has 2 aromatic rings. The van der Waals surface area contributed by atoms with Crippen LogP contribution in [0.5, 0.6) is 0 Å². The number of nitrogens with one attached hydrogen (secondary N) is 1. The average Bonchev–Trinajstić information content (AvgIpc) is 3.51. The maximum Gasteiger partial charge on any atom is 0.255 e. The Hall–Kier alpha value is -2.33. The molecule has 2 aromatic carbocycles.